The molecule has 3 heterocycles. The highest BCUT2D eigenvalue weighted by Gasteiger charge is 2.44. The second-order valence-electron chi connectivity index (χ2n) is 7.19. The number of rotatable bonds is 1. The minimum absolute atomic E-state index is 0.0505. The van der Waals surface area contributed by atoms with Crippen molar-refractivity contribution in [2.24, 2.45) is 0 Å². The zero-order valence-corrected chi connectivity index (χ0v) is 15.6. The fraction of sp³-hybridized carbons (Fsp3) is 0.400. The van der Waals surface area contributed by atoms with Gasteiger partial charge in [0.1, 0.15) is 17.1 Å². The summed E-state index contributed by atoms with van der Waals surface area (Å²) in [5.74, 6) is 1.61. The summed E-state index contributed by atoms with van der Waals surface area (Å²) >= 11 is 6.14. The number of amides is 1. The molecule has 0 bridgehead atoms. The van der Waals surface area contributed by atoms with E-state index in [2.05, 4.69) is 0 Å². The third kappa shape index (κ3) is 2.90. The number of aryl methyl sites for hydroxylation is 2. The predicted octanol–water partition coefficient (Wildman–Crippen LogP) is 4.19. The van der Waals surface area contributed by atoms with Crippen molar-refractivity contribution in [2.45, 2.75) is 38.7 Å². The number of furan rings is 1. The molecule has 1 spiro atoms. The molecule has 26 heavy (non-hydrogen) atoms. The summed E-state index contributed by atoms with van der Waals surface area (Å²) in [6.07, 6.45) is 1.55. The Bertz CT molecular complexity index is 893. The number of carbonyl (C=O) groups excluding carboxylic acids is 2. The van der Waals surface area contributed by atoms with Crippen molar-refractivity contribution in [3.63, 3.8) is 0 Å². The van der Waals surface area contributed by atoms with Crippen molar-refractivity contribution in [3.8, 4) is 5.75 Å². The second-order valence-corrected chi connectivity index (χ2v) is 7.59. The Morgan fingerprint density at radius 1 is 1.19 bits per heavy atom. The number of halogens is 1. The van der Waals surface area contributed by atoms with E-state index in [0.717, 1.165) is 5.56 Å². The topological polar surface area (TPSA) is 59.8 Å². The van der Waals surface area contributed by atoms with Crippen LogP contribution in [0.2, 0.25) is 5.02 Å². The number of likely N-dealkylation sites (tertiary alicyclic amines) is 1. The Hall–Kier alpha value is -2.27. The quantitative estimate of drug-likeness (QED) is 0.752. The lowest BCUT2D eigenvalue weighted by molar-refractivity contribution is -0.00647. The normalized spacial score (nSPS) is 18.6. The molecule has 0 aliphatic carbocycles. The van der Waals surface area contributed by atoms with Gasteiger partial charge in [-0.2, -0.15) is 0 Å². The van der Waals surface area contributed by atoms with Crippen molar-refractivity contribution in [1.82, 2.24) is 4.90 Å². The van der Waals surface area contributed by atoms with E-state index in [1.807, 2.05) is 19.9 Å². The number of ether oxygens (including phenoxy) is 1. The number of fused-ring (bicyclic) bond motifs is 1. The number of hydrogen-bond donors (Lipinski definition) is 0. The molecule has 5 nitrogen and oxygen atoms in total. The van der Waals surface area contributed by atoms with Crippen LogP contribution in [0.4, 0.5) is 0 Å². The second kappa shape index (κ2) is 6.16. The summed E-state index contributed by atoms with van der Waals surface area (Å²) in [7, 11) is 0. The first kappa shape index (κ1) is 17.2. The van der Waals surface area contributed by atoms with Gasteiger partial charge in [-0.3, -0.25) is 9.59 Å². The molecule has 0 radical (unpaired) electrons. The molecular weight excluding hydrogens is 354 g/mol. The van der Waals surface area contributed by atoms with E-state index in [1.54, 1.807) is 23.1 Å². The van der Waals surface area contributed by atoms with Gasteiger partial charge < -0.3 is 14.1 Å². The molecule has 2 aromatic rings. The minimum Gasteiger partial charge on any atom is -0.486 e. The highest BCUT2D eigenvalue weighted by Crippen LogP contribution is 2.41. The van der Waals surface area contributed by atoms with E-state index in [1.165, 1.54) is 0 Å². The van der Waals surface area contributed by atoms with Crippen LogP contribution in [0.15, 0.2) is 28.7 Å². The van der Waals surface area contributed by atoms with E-state index in [-0.39, 0.29) is 11.7 Å². The van der Waals surface area contributed by atoms with Gasteiger partial charge in [0, 0.05) is 31.0 Å². The third-order valence-electron chi connectivity index (χ3n) is 5.28. The van der Waals surface area contributed by atoms with Gasteiger partial charge in [-0.25, -0.2) is 0 Å². The lowest BCUT2D eigenvalue weighted by Crippen LogP contribution is -2.52. The summed E-state index contributed by atoms with van der Waals surface area (Å²) in [6.45, 7) is 4.78. The Morgan fingerprint density at radius 2 is 1.92 bits per heavy atom. The molecule has 6 heteroatoms. The zero-order valence-electron chi connectivity index (χ0n) is 14.8. The number of carbonyl (C=O) groups is 2. The van der Waals surface area contributed by atoms with Crippen LogP contribution in [-0.2, 0) is 0 Å². The fourth-order valence-electron chi connectivity index (χ4n) is 3.72. The van der Waals surface area contributed by atoms with Crippen molar-refractivity contribution >= 4 is 23.3 Å². The third-order valence-corrected chi connectivity index (χ3v) is 5.69. The van der Waals surface area contributed by atoms with E-state index in [9.17, 15) is 9.59 Å². The van der Waals surface area contributed by atoms with E-state index in [4.69, 9.17) is 20.8 Å². The predicted molar refractivity (Wildman–Crippen MR) is 97.1 cm³/mol. The highest BCUT2D eigenvalue weighted by molar-refractivity contribution is 6.31. The van der Waals surface area contributed by atoms with Crippen LogP contribution in [0.5, 0.6) is 5.75 Å². The molecule has 1 amide bonds. The number of nitrogens with zero attached hydrogens (tertiary/aromatic N) is 1. The van der Waals surface area contributed by atoms with Crippen LogP contribution in [0.25, 0.3) is 0 Å². The van der Waals surface area contributed by atoms with Gasteiger partial charge >= 0.3 is 0 Å². The van der Waals surface area contributed by atoms with Crippen molar-refractivity contribution in [2.75, 3.05) is 13.1 Å². The average Bonchev–Trinajstić information content (AvgIpc) is 3.03. The fourth-order valence-corrected chi connectivity index (χ4v) is 3.88. The first-order chi connectivity index (χ1) is 12.4. The lowest BCUT2D eigenvalue weighted by atomic mass is 9.82. The molecule has 2 aliphatic rings. The van der Waals surface area contributed by atoms with Gasteiger partial charge in [0.15, 0.2) is 11.5 Å². The SMILES string of the molecule is Cc1ccc(C(=O)N2CCC3(CC2)CC(=O)c2cc(Cl)c(C)cc2O3)o1. The molecule has 4 rings (SSSR count). The smallest absolute Gasteiger partial charge is 0.289 e. The molecule has 1 aromatic carbocycles. The summed E-state index contributed by atoms with van der Waals surface area (Å²) in [6, 6.07) is 7.01. The molecule has 136 valence electrons. The summed E-state index contributed by atoms with van der Waals surface area (Å²) < 4.78 is 11.7. The van der Waals surface area contributed by atoms with E-state index < -0.39 is 5.60 Å². The lowest BCUT2D eigenvalue weighted by Gasteiger charge is -2.43. The van der Waals surface area contributed by atoms with E-state index in [0.29, 0.717) is 60.2 Å². The summed E-state index contributed by atoms with van der Waals surface area (Å²) in [5, 5.41) is 0.575. The zero-order chi connectivity index (χ0) is 18.5. The summed E-state index contributed by atoms with van der Waals surface area (Å²) in [4.78, 5) is 26.9. The van der Waals surface area contributed by atoms with Gasteiger partial charge in [0.2, 0.25) is 0 Å². The van der Waals surface area contributed by atoms with E-state index >= 15 is 0 Å². The first-order valence-electron chi connectivity index (χ1n) is 8.75. The van der Waals surface area contributed by atoms with Crippen molar-refractivity contribution in [1.29, 1.82) is 0 Å². The highest BCUT2D eigenvalue weighted by atomic mass is 35.5. The van der Waals surface area contributed by atoms with Crippen molar-refractivity contribution < 1.29 is 18.7 Å². The van der Waals surface area contributed by atoms with Crippen LogP contribution in [0.1, 0.15) is 51.5 Å². The number of Topliss-reactive ketones (excluding diaryl/α,β-unsaturated/α-hetero) is 1. The van der Waals surface area contributed by atoms with Crippen molar-refractivity contribution in [3.05, 3.63) is 51.9 Å². The van der Waals surface area contributed by atoms with Gasteiger partial charge in [0.05, 0.1) is 12.0 Å². The van der Waals surface area contributed by atoms with Crippen LogP contribution in [-0.4, -0.2) is 35.3 Å². The Labute approximate surface area is 156 Å². The average molecular weight is 374 g/mol. The Kier molecular flexibility index (Phi) is 4.07. The molecule has 0 N–H and O–H groups in total. The number of benzene rings is 1. The van der Waals surface area contributed by atoms with Gasteiger partial charge in [0.25, 0.3) is 5.91 Å². The molecule has 1 saturated heterocycles. The first-order valence-corrected chi connectivity index (χ1v) is 9.13. The van der Waals surface area contributed by atoms with Gasteiger partial charge in [-0.1, -0.05) is 11.6 Å². The van der Waals surface area contributed by atoms with Gasteiger partial charge in [-0.15, -0.1) is 0 Å². The Balaban J connectivity index is 1.51. The largest absolute Gasteiger partial charge is 0.486 e. The maximum atomic E-state index is 12.6. The molecular formula is C20H20ClNO4. The summed E-state index contributed by atoms with van der Waals surface area (Å²) in [5.41, 5.74) is 0.895. The standard InChI is InChI=1S/C20H20ClNO4/c1-12-9-18-14(10-15(12)21)16(23)11-20(26-18)5-7-22(8-6-20)19(24)17-4-3-13(2)25-17/h3-4,9-10H,5-8,11H2,1-2H3. The monoisotopic (exact) mass is 373 g/mol. The molecule has 1 aromatic heterocycles. The minimum atomic E-state index is -0.541. The number of hydrogen-bond acceptors (Lipinski definition) is 4. The molecule has 1 fully saturated rings. The van der Waals surface area contributed by atoms with Crippen LogP contribution >= 0.6 is 11.6 Å². The maximum absolute atomic E-state index is 12.6. The van der Waals surface area contributed by atoms with Gasteiger partial charge in [-0.05, 0) is 43.7 Å². The molecule has 0 unspecified atom stereocenters. The van der Waals surface area contributed by atoms with Crippen LogP contribution < -0.4 is 4.74 Å². The van der Waals surface area contributed by atoms with Crippen LogP contribution in [0.3, 0.4) is 0 Å². The van der Waals surface area contributed by atoms with Crippen LogP contribution in [0, 0.1) is 13.8 Å². The molecule has 0 saturated carbocycles. The number of piperidine rings is 1. The molecule has 2 aliphatic heterocycles. The maximum Gasteiger partial charge on any atom is 0.289 e. The molecule has 0 atom stereocenters. The number of ketones is 1. The Morgan fingerprint density at radius 3 is 2.58 bits per heavy atom.